The van der Waals surface area contributed by atoms with Crippen LogP contribution in [0, 0.1) is 11.8 Å². The van der Waals surface area contributed by atoms with Crippen LogP contribution < -0.4 is 4.90 Å². The minimum Gasteiger partial charge on any atom is -0.372 e. The summed E-state index contributed by atoms with van der Waals surface area (Å²) in [5.41, 5.74) is 2.73. The third-order valence-electron chi connectivity index (χ3n) is 6.26. The SMILES string of the molecule is CCN(CC)c1ccc(CCC2CCC(CS(=O)(=O)C(C)(C)C)CC2)cc1. The first-order valence-electron chi connectivity index (χ1n) is 10.7. The number of anilines is 1. The van der Waals surface area contributed by atoms with Crippen molar-refractivity contribution in [3.8, 4) is 0 Å². The summed E-state index contributed by atoms with van der Waals surface area (Å²) in [6.07, 6.45) is 6.86. The summed E-state index contributed by atoms with van der Waals surface area (Å²) in [5.74, 6) is 1.48. The molecule has 0 saturated heterocycles. The number of hydrogen-bond donors (Lipinski definition) is 0. The summed E-state index contributed by atoms with van der Waals surface area (Å²) < 4.78 is 24.2. The van der Waals surface area contributed by atoms with Crippen LogP contribution in [0.2, 0.25) is 0 Å². The average molecular weight is 394 g/mol. The quantitative estimate of drug-likeness (QED) is 0.586. The Bertz CT molecular complexity index is 661. The van der Waals surface area contributed by atoms with Gasteiger partial charge in [0.2, 0.25) is 0 Å². The second-order valence-corrected chi connectivity index (χ2v) is 11.9. The second kappa shape index (κ2) is 9.45. The standard InChI is InChI=1S/C23H39NO2S/c1-6-24(7-2)22-16-14-20(15-17-22)9-8-19-10-12-21(13-11-19)18-27(25,26)23(3,4)5/h14-17,19,21H,6-13,18H2,1-5H3. The van der Waals surface area contributed by atoms with Gasteiger partial charge in [0.1, 0.15) is 0 Å². The van der Waals surface area contributed by atoms with E-state index in [9.17, 15) is 8.42 Å². The molecular weight excluding hydrogens is 354 g/mol. The highest BCUT2D eigenvalue weighted by molar-refractivity contribution is 7.92. The maximum Gasteiger partial charge on any atom is 0.155 e. The number of nitrogens with zero attached hydrogens (tertiary/aromatic N) is 1. The molecule has 4 heteroatoms. The van der Waals surface area contributed by atoms with Crippen molar-refractivity contribution in [3.05, 3.63) is 29.8 Å². The van der Waals surface area contributed by atoms with Crippen molar-refractivity contribution < 1.29 is 8.42 Å². The van der Waals surface area contributed by atoms with Crippen molar-refractivity contribution in [1.29, 1.82) is 0 Å². The molecule has 1 fully saturated rings. The van der Waals surface area contributed by atoms with Gasteiger partial charge < -0.3 is 4.90 Å². The topological polar surface area (TPSA) is 37.4 Å². The summed E-state index contributed by atoms with van der Waals surface area (Å²) in [7, 11) is -2.99. The Morgan fingerprint density at radius 2 is 1.44 bits per heavy atom. The molecule has 1 aromatic carbocycles. The molecule has 154 valence electrons. The molecule has 0 N–H and O–H groups in total. The van der Waals surface area contributed by atoms with Crippen molar-refractivity contribution in [2.24, 2.45) is 11.8 Å². The number of aryl methyl sites for hydroxylation is 1. The third-order valence-corrected chi connectivity index (χ3v) is 9.04. The van der Waals surface area contributed by atoms with E-state index in [4.69, 9.17) is 0 Å². The summed E-state index contributed by atoms with van der Waals surface area (Å²) in [6, 6.07) is 9.04. The fourth-order valence-electron chi connectivity index (χ4n) is 4.08. The van der Waals surface area contributed by atoms with Gasteiger partial charge in [0, 0.05) is 18.8 Å². The predicted molar refractivity (Wildman–Crippen MR) is 117 cm³/mol. The number of sulfone groups is 1. The molecule has 0 aliphatic heterocycles. The van der Waals surface area contributed by atoms with Gasteiger partial charge in [-0.2, -0.15) is 0 Å². The van der Waals surface area contributed by atoms with Crippen LogP contribution in [0.15, 0.2) is 24.3 Å². The van der Waals surface area contributed by atoms with Crippen LogP contribution in [-0.2, 0) is 16.3 Å². The Hall–Kier alpha value is -1.03. The van der Waals surface area contributed by atoms with Crippen LogP contribution in [0.1, 0.15) is 72.3 Å². The van der Waals surface area contributed by atoms with Crippen molar-refractivity contribution in [2.75, 3.05) is 23.7 Å². The Morgan fingerprint density at radius 1 is 0.926 bits per heavy atom. The van der Waals surface area contributed by atoms with Crippen LogP contribution in [0.25, 0.3) is 0 Å². The zero-order valence-corrected chi connectivity index (χ0v) is 18.8. The Balaban J connectivity index is 1.78. The summed E-state index contributed by atoms with van der Waals surface area (Å²) in [5, 5.41) is 0. The van der Waals surface area contributed by atoms with Crippen molar-refractivity contribution >= 4 is 15.5 Å². The zero-order valence-electron chi connectivity index (χ0n) is 18.0. The number of hydrogen-bond acceptors (Lipinski definition) is 3. The van der Waals surface area contributed by atoms with E-state index in [0.29, 0.717) is 11.7 Å². The molecule has 1 saturated carbocycles. The number of rotatable bonds is 8. The van der Waals surface area contributed by atoms with Crippen molar-refractivity contribution in [3.63, 3.8) is 0 Å². The molecule has 3 nitrogen and oxygen atoms in total. The van der Waals surface area contributed by atoms with Crippen LogP contribution in [0.5, 0.6) is 0 Å². The minimum absolute atomic E-state index is 0.360. The minimum atomic E-state index is -2.99. The van der Waals surface area contributed by atoms with Crippen LogP contribution in [-0.4, -0.2) is 32.0 Å². The van der Waals surface area contributed by atoms with Crippen molar-refractivity contribution in [1.82, 2.24) is 0 Å². The van der Waals surface area contributed by atoms with E-state index in [0.717, 1.165) is 38.3 Å². The maximum atomic E-state index is 12.4. The molecule has 0 radical (unpaired) electrons. The highest BCUT2D eigenvalue weighted by Crippen LogP contribution is 2.34. The van der Waals surface area contributed by atoms with E-state index in [1.54, 1.807) is 0 Å². The molecule has 1 aliphatic rings. The lowest BCUT2D eigenvalue weighted by Gasteiger charge is -2.30. The highest BCUT2D eigenvalue weighted by Gasteiger charge is 2.33. The van der Waals surface area contributed by atoms with E-state index in [1.807, 2.05) is 20.8 Å². The molecule has 0 unspecified atom stereocenters. The summed E-state index contributed by atoms with van der Waals surface area (Å²) >= 11 is 0. The number of benzene rings is 1. The molecule has 0 bridgehead atoms. The van der Waals surface area contributed by atoms with Crippen LogP contribution >= 0.6 is 0 Å². The fraction of sp³-hybridized carbons (Fsp3) is 0.739. The van der Waals surface area contributed by atoms with E-state index in [-0.39, 0.29) is 0 Å². The molecule has 2 rings (SSSR count). The monoisotopic (exact) mass is 393 g/mol. The van der Waals surface area contributed by atoms with Gasteiger partial charge in [-0.15, -0.1) is 0 Å². The molecule has 0 atom stereocenters. The first-order valence-corrected chi connectivity index (χ1v) is 12.4. The lowest BCUT2D eigenvalue weighted by Crippen LogP contribution is -2.34. The first-order chi connectivity index (χ1) is 12.7. The normalized spacial score (nSPS) is 21.2. The maximum absolute atomic E-state index is 12.4. The molecule has 0 amide bonds. The Labute approximate surface area is 167 Å². The average Bonchev–Trinajstić information content (AvgIpc) is 2.62. The van der Waals surface area contributed by atoms with Gasteiger partial charge in [0.05, 0.1) is 10.5 Å². The molecule has 0 aromatic heterocycles. The molecular formula is C23H39NO2S. The highest BCUT2D eigenvalue weighted by atomic mass is 32.2. The van der Waals surface area contributed by atoms with Crippen molar-refractivity contribution in [2.45, 2.75) is 77.9 Å². The summed E-state index contributed by atoms with van der Waals surface area (Å²) in [4.78, 5) is 2.37. The van der Waals surface area contributed by atoms with E-state index in [1.165, 1.54) is 30.5 Å². The lowest BCUT2D eigenvalue weighted by molar-refractivity contribution is 0.278. The molecule has 0 heterocycles. The molecule has 1 aliphatic carbocycles. The second-order valence-electron chi connectivity index (χ2n) is 9.16. The Morgan fingerprint density at radius 3 is 1.93 bits per heavy atom. The van der Waals surface area contributed by atoms with E-state index < -0.39 is 14.6 Å². The van der Waals surface area contributed by atoms with Gasteiger partial charge in [-0.05, 0) is 89.8 Å². The molecule has 1 aromatic rings. The van der Waals surface area contributed by atoms with Gasteiger partial charge in [-0.25, -0.2) is 8.42 Å². The zero-order chi connectivity index (χ0) is 20.1. The smallest absolute Gasteiger partial charge is 0.155 e. The van der Waals surface area contributed by atoms with Gasteiger partial charge in [0.25, 0.3) is 0 Å². The van der Waals surface area contributed by atoms with Gasteiger partial charge >= 0.3 is 0 Å². The van der Waals surface area contributed by atoms with Crippen LogP contribution in [0.3, 0.4) is 0 Å². The van der Waals surface area contributed by atoms with Crippen LogP contribution in [0.4, 0.5) is 5.69 Å². The van der Waals surface area contributed by atoms with E-state index >= 15 is 0 Å². The lowest BCUT2D eigenvalue weighted by atomic mass is 9.80. The largest absolute Gasteiger partial charge is 0.372 e. The van der Waals surface area contributed by atoms with Gasteiger partial charge in [0.15, 0.2) is 9.84 Å². The van der Waals surface area contributed by atoms with Gasteiger partial charge in [-0.3, -0.25) is 0 Å². The molecule has 0 spiro atoms. The summed E-state index contributed by atoms with van der Waals surface area (Å²) in [6.45, 7) is 11.9. The first kappa shape index (κ1) is 22.3. The van der Waals surface area contributed by atoms with Gasteiger partial charge in [-0.1, -0.05) is 25.0 Å². The Kier molecular flexibility index (Phi) is 7.79. The molecule has 27 heavy (non-hydrogen) atoms. The fourth-order valence-corrected chi connectivity index (χ4v) is 5.53. The predicted octanol–water partition coefficient (Wildman–Crippen LogP) is 5.49. The third kappa shape index (κ3) is 6.23. The van der Waals surface area contributed by atoms with E-state index in [2.05, 4.69) is 43.0 Å².